The molecule has 0 aliphatic carbocycles. The Bertz CT molecular complexity index is 1150. The number of nitrogens with zero attached hydrogens (tertiary/aromatic N) is 1. The van der Waals surface area contributed by atoms with Gasteiger partial charge in [-0.15, -0.1) is 0 Å². The van der Waals surface area contributed by atoms with Crippen LogP contribution in [0.3, 0.4) is 0 Å². The van der Waals surface area contributed by atoms with Gasteiger partial charge >= 0.3 is 0 Å². The molecule has 0 fully saturated rings. The van der Waals surface area contributed by atoms with Crippen LogP contribution in [-0.4, -0.2) is 28.8 Å². The molecule has 0 bridgehead atoms. The summed E-state index contributed by atoms with van der Waals surface area (Å²) in [6.07, 6.45) is 1.05. The molecule has 184 valence electrons. The molecule has 0 aliphatic rings. The second-order valence-corrected chi connectivity index (χ2v) is 9.97. The molecular formula is C28H29Cl3N2O2. The Morgan fingerprint density at radius 2 is 1.54 bits per heavy atom. The largest absolute Gasteiger partial charge is 0.352 e. The van der Waals surface area contributed by atoms with Gasteiger partial charge < -0.3 is 10.2 Å². The minimum atomic E-state index is -0.717. The van der Waals surface area contributed by atoms with Crippen LogP contribution < -0.4 is 5.32 Å². The molecule has 3 rings (SSSR count). The zero-order chi connectivity index (χ0) is 25.4. The molecule has 3 aromatic rings. The van der Waals surface area contributed by atoms with Crippen LogP contribution in [0.1, 0.15) is 37.0 Å². The number of benzene rings is 3. The summed E-state index contributed by atoms with van der Waals surface area (Å²) in [6, 6.07) is 21.5. The van der Waals surface area contributed by atoms with Gasteiger partial charge in [0.1, 0.15) is 6.04 Å². The van der Waals surface area contributed by atoms with Crippen molar-refractivity contribution in [3.8, 4) is 0 Å². The van der Waals surface area contributed by atoms with E-state index in [1.54, 1.807) is 29.2 Å². The Labute approximate surface area is 222 Å². The van der Waals surface area contributed by atoms with Gasteiger partial charge in [0.05, 0.1) is 0 Å². The average Bonchev–Trinajstić information content (AvgIpc) is 2.82. The lowest BCUT2D eigenvalue weighted by molar-refractivity contribution is -0.141. The topological polar surface area (TPSA) is 49.4 Å². The highest BCUT2D eigenvalue weighted by atomic mass is 35.5. The molecule has 2 amide bonds. The SMILES string of the molecule is CC(C)NC(=O)C(Cc1ccccc1)N(Cc1ccc(Cl)cc1Cl)C(=O)CCc1ccccc1Cl. The third kappa shape index (κ3) is 7.99. The number of hydrogen-bond acceptors (Lipinski definition) is 2. The number of carbonyl (C=O) groups excluding carboxylic acids is 2. The highest BCUT2D eigenvalue weighted by Gasteiger charge is 2.31. The van der Waals surface area contributed by atoms with Gasteiger partial charge in [-0.1, -0.05) is 89.4 Å². The van der Waals surface area contributed by atoms with Gasteiger partial charge in [-0.25, -0.2) is 0 Å². The van der Waals surface area contributed by atoms with E-state index >= 15 is 0 Å². The van der Waals surface area contributed by atoms with Crippen LogP contribution in [0.25, 0.3) is 0 Å². The van der Waals surface area contributed by atoms with E-state index in [0.717, 1.165) is 16.7 Å². The van der Waals surface area contributed by atoms with E-state index in [1.807, 2.05) is 62.4 Å². The lowest BCUT2D eigenvalue weighted by Crippen LogP contribution is -2.51. The number of hydrogen-bond donors (Lipinski definition) is 1. The van der Waals surface area contributed by atoms with Crippen LogP contribution in [0.15, 0.2) is 72.8 Å². The molecule has 4 nitrogen and oxygen atoms in total. The molecule has 0 spiro atoms. The molecule has 0 heterocycles. The highest BCUT2D eigenvalue weighted by Crippen LogP contribution is 2.25. The van der Waals surface area contributed by atoms with Gasteiger partial charge in [0.25, 0.3) is 0 Å². The maximum absolute atomic E-state index is 13.7. The van der Waals surface area contributed by atoms with Crippen LogP contribution in [-0.2, 0) is 29.0 Å². The molecular weight excluding hydrogens is 503 g/mol. The van der Waals surface area contributed by atoms with E-state index in [9.17, 15) is 9.59 Å². The van der Waals surface area contributed by atoms with Crippen molar-refractivity contribution < 1.29 is 9.59 Å². The average molecular weight is 532 g/mol. The Morgan fingerprint density at radius 1 is 0.857 bits per heavy atom. The maximum atomic E-state index is 13.7. The molecule has 3 aromatic carbocycles. The van der Waals surface area contributed by atoms with Crippen molar-refractivity contribution in [3.05, 3.63) is 105 Å². The molecule has 0 saturated heterocycles. The van der Waals surface area contributed by atoms with Gasteiger partial charge in [0, 0.05) is 40.5 Å². The number of rotatable bonds is 10. The van der Waals surface area contributed by atoms with Crippen LogP contribution in [0.5, 0.6) is 0 Å². The monoisotopic (exact) mass is 530 g/mol. The van der Waals surface area contributed by atoms with Crippen LogP contribution in [0.2, 0.25) is 15.1 Å². The van der Waals surface area contributed by atoms with E-state index in [-0.39, 0.29) is 30.8 Å². The summed E-state index contributed by atoms with van der Waals surface area (Å²) in [5.74, 6) is -0.365. The molecule has 1 N–H and O–H groups in total. The fourth-order valence-corrected chi connectivity index (χ4v) is 4.55. The lowest BCUT2D eigenvalue weighted by Gasteiger charge is -2.32. The van der Waals surface area contributed by atoms with E-state index in [0.29, 0.717) is 27.9 Å². The highest BCUT2D eigenvalue weighted by molar-refractivity contribution is 6.35. The molecule has 0 aliphatic heterocycles. The van der Waals surface area contributed by atoms with Crippen LogP contribution in [0.4, 0.5) is 0 Å². The smallest absolute Gasteiger partial charge is 0.243 e. The maximum Gasteiger partial charge on any atom is 0.243 e. The fraction of sp³-hybridized carbons (Fsp3) is 0.286. The number of nitrogens with one attached hydrogen (secondary N) is 1. The van der Waals surface area contributed by atoms with Crippen LogP contribution >= 0.6 is 34.8 Å². The fourth-order valence-electron chi connectivity index (χ4n) is 3.85. The first-order valence-corrected chi connectivity index (χ1v) is 12.7. The molecule has 35 heavy (non-hydrogen) atoms. The second-order valence-electron chi connectivity index (χ2n) is 8.72. The first-order valence-electron chi connectivity index (χ1n) is 11.6. The molecule has 1 unspecified atom stereocenters. The summed E-state index contributed by atoms with van der Waals surface area (Å²) in [4.78, 5) is 28.7. The number of aryl methyl sites for hydroxylation is 1. The Kier molecular flexibility index (Phi) is 10.0. The van der Waals surface area contributed by atoms with Crippen LogP contribution in [0, 0.1) is 0 Å². The molecule has 0 radical (unpaired) electrons. The molecule has 1 atom stereocenters. The standard InChI is InChI=1S/C28H29Cl3N2O2/c1-19(2)32-28(35)26(16-20-8-4-3-5-9-20)33(18-22-12-14-23(29)17-25(22)31)27(34)15-13-21-10-6-7-11-24(21)30/h3-12,14,17,19,26H,13,15-16,18H2,1-2H3,(H,32,35). The van der Waals surface area contributed by atoms with Crippen molar-refractivity contribution in [2.45, 2.75) is 51.7 Å². The van der Waals surface area contributed by atoms with Crippen molar-refractivity contribution in [2.75, 3.05) is 0 Å². The summed E-state index contributed by atoms with van der Waals surface area (Å²) in [5.41, 5.74) is 2.57. The summed E-state index contributed by atoms with van der Waals surface area (Å²) in [6.45, 7) is 3.98. The first-order chi connectivity index (χ1) is 16.7. The third-order valence-electron chi connectivity index (χ3n) is 5.62. The molecule has 0 saturated carbocycles. The predicted octanol–water partition coefficient (Wildman–Crippen LogP) is 6.74. The Balaban J connectivity index is 1.95. The normalized spacial score (nSPS) is 11.8. The van der Waals surface area contributed by atoms with E-state index in [2.05, 4.69) is 5.32 Å². The van der Waals surface area contributed by atoms with Crippen molar-refractivity contribution >= 4 is 46.6 Å². The minimum absolute atomic E-state index is 0.0695. The number of amides is 2. The van der Waals surface area contributed by atoms with Crippen molar-refractivity contribution in [1.29, 1.82) is 0 Å². The number of halogens is 3. The van der Waals surface area contributed by atoms with Gasteiger partial charge in [-0.2, -0.15) is 0 Å². The van der Waals surface area contributed by atoms with E-state index in [1.165, 1.54) is 0 Å². The lowest BCUT2D eigenvalue weighted by atomic mass is 10.0. The predicted molar refractivity (Wildman–Crippen MR) is 144 cm³/mol. The Morgan fingerprint density at radius 3 is 2.20 bits per heavy atom. The minimum Gasteiger partial charge on any atom is -0.352 e. The first kappa shape index (κ1) is 27.1. The zero-order valence-corrected chi connectivity index (χ0v) is 22.1. The molecule has 0 aromatic heterocycles. The summed E-state index contributed by atoms with van der Waals surface area (Å²) >= 11 is 18.9. The van der Waals surface area contributed by atoms with Crippen molar-refractivity contribution in [2.24, 2.45) is 0 Å². The number of carbonyl (C=O) groups is 2. The molecule has 7 heteroatoms. The summed E-state index contributed by atoms with van der Waals surface area (Å²) in [5, 5.41) is 4.56. The van der Waals surface area contributed by atoms with Gasteiger partial charge in [-0.3, -0.25) is 9.59 Å². The third-order valence-corrected chi connectivity index (χ3v) is 6.58. The Hall–Kier alpha value is -2.53. The van der Waals surface area contributed by atoms with Crippen molar-refractivity contribution in [3.63, 3.8) is 0 Å². The summed E-state index contributed by atoms with van der Waals surface area (Å²) in [7, 11) is 0. The van der Waals surface area contributed by atoms with Gasteiger partial charge in [-0.05, 0) is 55.2 Å². The van der Waals surface area contributed by atoms with Gasteiger partial charge in [0.15, 0.2) is 0 Å². The quantitative estimate of drug-likeness (QED) is 0.315. The van der Waals surface area contributed by atoms with E-state index < -0.39 is 6.04 Å². The van der Waals surface area contributed by atoms with Gasteiger partial charge in [0.2, 0.25) is 11.8 Å². The summed E-state index contributed by atoms with van der Waals surface area (Å²) < 4.78 is 0. The second kappa shape index (κ2) is 13.0. The zero-order valence-electron chi connectivity index (χ0n) is 19.8. The van der Waals surface area contributed by atoms with Crippen molar-refractivity contribution in [1.82, 2.24) is 10.2 Å². The van der Waals surface area contributed by atoms with E-state index in [4.69, 9.17) is 34.8 Å².